The van der Waals surface area contributed by atoms with E-state index in [2.05, 4.69) is 61.0 Å². The molecule has 2 atom stereocenters. The topological polar surface area (TPSA) is 208 Å². The summed E-state index contributed by atoms with van der Waals surface area (Å²) in [4.78, 5) is 45.9. The lowest BCUT2D eigenvalue weighted by molar-refractivity contribution is -0.192. The van der Waals surface area contributed by atoms with Crippen LogP contribution in [0.1, 0.15) is 271 Å². The third kappa shape index (κ3) is 73.9. The first-order valence-electron chi connectivity index (χ1n) is 36.1. The van der Waals surface area contributed by atoms with Crippen LogP contribution < -0.4 is 16.0 Å². The minimum atomic E-state index is -5.08. The van der Waals surface area contributed by atoms with Crippen molar-refractivity contribution in [2.75, 3.05) is 119 Å². The molecule has 4 N–H and O–H groups in total. The Morgan fingerprint density at radius 1 is 0.407 bits per heavy atom. The van der Waals surface area contributed by atoms with Crippen LogP contribution in [0, 0.1) is 0 Å². The number of unbranched alkanes of at least 4 members (excludes halogenated alkanes) is 33. The molecule has 91 heavy (non-hydrogen) atoms. The Kier molecular flexibility index (Phi) is 73.0. The van der Waals surface area contributed by atoms with Gasteiger partial charge in [0.1, 0.15) is 25.4 Å². The Hall–Kier alpha value is -3.37. The van der Waals surface area contributed by atoms with E-state index in [4.69, 9.17) is 52.5 Å². The molecule has 17 nitrogen and oxygen atoms in total. The highest BCUT2D eigenvalue weighted by molar-refractivity contribution is 5.73. The summed E-state index contributed by atoms with van der Waals surface area (Å²) in [7, 11) is 1.59. The minimum absolute atomic E-state index is 0.00530. The predicted octanol–water partition coefficient (Wildman–Crippen LogP) is 16.5. The number of esters is 2. The van der Waals surface area contributed by atoms with E-state index in [9.17, 15) is 27.6 Å². The number of alkyl halides is 3. The summed E-state index contributed by atoms with van der Waals surface area (Å²) in [6.45, 7) is 12.7. The van der Waals surface area contributed by atoms with Crippen LogP contribution in [-0.4, -0.2) is 167 Å². The van der Waals surface area contributed by atoms with E-state index in [0.29, 0.717) is 79.1 Å². The first-order chi connectivity index (χ1) is 44.4. The summed E-state index contributed by atoms with van der Waals surface area (Å²) in [5.41, 5.74) is 0. The maximum absolute atomic E-state index is 13.4. The van der Waals surface area contributed by atoms with E-state index in [1.165, 1.54) is 212 Å². The van der Waals surface area contributed by atoms with Gasteiger partial charge in [0.2, 0.25) is 0 Å². The van der Waals surface area contributed by atoms with Crippen molar-refractivity contribution in [3.8, 4) is 0 Å². The lowest BCUT2D eigenvalue weighted by Gasteiger charge is -2.27. The number of alkyl carbamates (subject to hydrolysis) is 1. The number of hydrogen-bond acceptors (Lipinski definition) is 15. The van der Waals surface area contributed by atoms with Crippen molar-refractivity contribution >= 4 is 24.0 Å². The zero-order chi connectivity index (χ0) is 66.9. The van der Waals surface area contributed by atoms with Crippen LogP contribution >= 0.6 is 0 Å². The highest BCUT2D eigenvalue weighted by Crippen LogP contribution is 2.19. The SMILES string of the molecule is CCCCCCCC/C=C\CCCCCCCCOCC(OCCCCCCCC/C=C\CCCCCCCC)C(CCCCCCCCCCCC)OC(=O)NCCOCCOCCOCCOC(=O)CNCCOC(=O)CNCCOC.O=C(O)C(F)(F)F. The maximum Gasteiger partial charge on any atom is 0.490 e. The molecule has 0 aliphatic carbocycles. The molecular formula is C71H134F3N3O14. The number of hydrogen-bond donors (Lipinski definition) is 4. The van der Waals surface area contributed by atoms with Crippen LogP contribution in [0.3, 0.4) is 0 Å². The second-order valence-corrected chi connectivity index (χ2v) is 23.6. The third-order valence-electron chi connectivity index (χ3n) is 15.1. The molecule has 538 valence electrons. The number of allylic oxidation sites excluding steroid dienone is 4. The Labute approximate surface area is 551 Å². The Morgan fingerprint density at radius 2 is 0.769 bits per heavy atom. The van der Waals surface area contributed by atoms with Gasteiger partial charge in [0.15, 0.2) is 0 Å². The van der Waals surface area contributed by atoms with Crippen LogP contribution in [0.15, 0.2) is 24.3 Å². The van der Waals surface area contributed by atoms with Gasteiger partial charge in [0, 0.05) is 40.0 Å². The Bertz CT molecular complexity index is 1620. The van der Waals surface area contributed by atoms with Crippen molar-refractivity contribution in [3.63, 3.8) is 0 Å². The molecule has 1 amide bonds. The quantitative estimate of drug-likeness (QED) is 0.0193. The first kappa shape index (κ1) is 89.7. The van der Waals surface area contributed by atoms with Crippen LogP contribution in [-0.2, 0) is 57.0 Å². The van der Waals surface area contributed by atoms with E-state index in [0.717, 1.165) is 38.5 Å². The number of carbonyl (C=O) groups is 4. The fourth-order valence-corrected chi connectivity index (χ4v) is 9.71. The molecule has 0 bridgehead atoms. The zero-order valence-corrected chi connectivity index (χ0v) is 58.0. The molecule has 20 heteroatoms. The lowest BCUT2D eigenvalue weighted by Crippen LogP contribution is -2.41. The second kappa shape index (κ2) is 74.0. The highest BCUT2D eigenvalue weighted by atomic mass is 19.4. The van der Waals surface area contributed by atoms with Gasteiger partial charge in [-0.3, -0.25) is 9.59 Å². The Morgan fingerprint density at radius 3 is 1.20 bits per heavy atom. The van der Waals surface area contributed by atoms with Crippen molar-refractivity contribution in [1.29, 1.82) is 0 Å². The average molecular weight is 1310 g/mol. The average Bonchev–Trinajstić information content (AvgIpc) is 3.45. The molecule has 0 aromatic carbocycles. The fraction of sp³-hybridized carbons (Fsp3) is 0.887. The number of carboxylic acid groups (broad SMARTS) is 1. The van der Waals surface area contributed by atoms with E-state index < -0.39 is 30.3 Å². The standard InChI is InChI=1S/C69H133N3O12.C2HF3O2/c1-5-8-11-14-17-20-23-25-27-29-31-33-36-39-42-45-51-80-64-66(81-52-46-43-40-37-34-32-30-28-26-24-21-18-15-12-9-6-2)65(47-44-41-38-35-22-19-16-13-10-7-3)84-69(75)72-50-54-77-56-57-78-58-59-79-60-61-83-68(74)63-71-49-55-82-67(73)62-70-48-53-76-4;3-2(4,5)1(6)7/h25-28,65-66,70-71H,5-24,29-64H2,1-4H3,(H,72,75);(H,6,7)/b27-25-,28-26-;. The van der Waals surface area contributed by atoms with E-state index in [1.54, 1.807) is 7.11 Å². The van der Waals surface area contributed by atoms with Crippen molar-refractivity contribution in [2.45, 2.75) is 290 Å². The number of halogens is 3. The molecule has 0 saturated heterocycles. The fourth-order valence-electron chi connectivity index (χ4n) is 9.71. The number of amides is 1. The number of carboxylic acids is 1. The summed E-state index contributed by atoms with van der Waals surface area (Å²) in [6, 6.07) is 0. The predicted molar refractivity (Wildman–Crippen MR) is 360 cm³/mol. The number of nitrogens with one attached hydrogen (secondary N) is 3. The maximum atomic E-state index is 13.4. The number of aliphatic carboxylic acids is 1. The summed E-state index contributed by atoms with van der Waals surface area (Å²) in [6.07, 6.45) is 52.1. The third-order valence-corrected chi connectivity index (χ3v) is 15.1. The minimum Gasteiger partial charge on any atom is -0.475 e. The Balaban J connectivity index is 0. The van der Waals surface area contributed by atoms with Crippen LogP contribution in [0.4, 0.5) is 18.0 Å². The number of methoxy groups -OCH3 is 1. The van der Waals surface area contributed by atoms with Gasteiger partial charge in [-0.15, -0.1) is 0 Å². The van der Waals surface area contributed by atoms with Gasteiger partial charge in [-0.25, -0.2) is 9.59 Å². The summed E-state index contributed by atoms with van der Waals surface area (Å²) < 4.78 is 83.0. The van der Waals surface area contributed by atoms with Gasteiger partial charge in [0.05, 0.1) is 65.9 Å². The lowest BCUT2D eigenvalue weighted by atomic mass is 10.0. The zero-order valence-electron chi connectivity index (χ0n) is 58.0. The van der Waals surface area contributed by atoms with E-state index >= 15 is 0 Å². The molecule has 2 unspecified atom stereocenters. The molecule has 0 aromatic heterocycles. The van der Waals surface area contributed by atoms with Crippen molar-refractivity contribution in [2.24, 2.45) is 0 Å². The van der Waals surface area contributed by atoms with E-state index in [-0.39, 0.29) is 45.0 Å². The van der Waals surface area contributed by atoms with Crippen molar-refractivity contribution in [3.05, 3.63) is 24.3 Å². The first-order valence-corrected chi connectivity index (χ1v) is 36.1. The molecule has 0 aliphatic rings. The summed E-state index contributed by atoms with van der Waals surface area (Å²) in [5.74, 6) is -3.54. The van der Waals surface area contributed by atoms with Gasteiger partial charge in [0.25, 0.3) is 0 Å². The number of ether oxygens (including phenoxy) is 9. The molecular weight excluding hydrogens is 1180 g/mol. The number of carbonyl (C=O) groups excluding carboxylic acids is 3. The van der Waals surface area contributed by atoms with Crippen LogP contribution in [0.5, 0.6) is 0 Å². The van der Waals surface area contributed by atoms with Crippen LogP contribution in [0.25, 0.3) is 0 Å². The monoisotopic (exact) mass is 1310 g/mol. The molecule has 0 rings (SSSR count). The summed E-state index contributed by atoms with van der Waals surface area (Å²) in [5, 5.41) is 15.8. The van der Waals surface area contributed by atoms with Crippen LogP contribution in [0.2, 0.25) is 0 Å². The molecule has 0 heterocycles. The highest BCUT2D eigenvalue weighted by Gasteiger charge is 2.38. The largest absolute Gasteiger partial charge is 0.490 e. The van der Waals surface area contributed by atoms with Crippen molar-refractivity contribution in [1.82, 2.24) is 16.0 Å². The molecule has 0 fully saturated rings. The number of rotatable bonds is 70. The van der Waals surface area contributed by atoms with Gasteiger partial charge < -0.3 is 63.7 Å². The second-order valence-electron chi connectivity index (χ2n) is 23.6. The van der Waals surface area contributed by atoms with E-state index in [1.807, 2.05) is 0 Å². The smallest absolute Gasteiger partial charge is 0.475 e. The molecule has 0 saturated carbocycles. The molecule has 0 aliphatic heterocycles. The normalized spacial score (nSPS) is 12.3. The molecule has 0 spiro atoms. The van der Waals surface area contributed by atoms with Gasteiger partial charge in [-0.1, -0.05) is 218 Å². The van der Waals surface area contributed by atoms with Gasteiger partial charge in [-0.2, -0.15) is 13.2 Å². The summed E-state index contributed by atoms with van der Waals surface area (Å²) >= 11 is 0. The molecule has 0 aromatic rings. The van der Waals surface area contributed by atoms with Gasteiger partial charge >= 0.3 is 30.2 Å². The molecule has 0 radical (unpaired) electrons. The van der Waals surface area contributed by atoms with Crippen molar-refractivity contribution < 1.29 is 80.1 Å². The van der Waals surface area contributed by atoms with Gasteiger partial charge in [-0.05, 0) is 77.0 Å².